The Labute approximate surface area is 193 Å². The number of rotatable bonds is 2. The van der Waals surface area contributed by atoms with Crippen LogP contribution >= 0.6 is 0 Å². The maximum absolute atomic E-state index is 2.51. The van der Waals surface area contributed by atoms with E-state index >= 15 is 0 Å². The molecule has 33 heavy (non-hydrogen) atoms. The normalized spacial score (nSPS) is 13.1. The van der Waals surface area contributed by atoms with Crippen molar-refractivity contribution in [3.05, 3.63) is 120 Å². The summed E-state index contributed by atoms with van der Waals surface area (Å²) in [6.07, 6.45) is 6.85. The Hall–Kier alpha value is -4.10. The summed E-state index contributed by atoms with van der Waals surface area (Å²) in [7, 11) is 0. The van der Waals surface area contributed by atoms with E-state index in [0.717, 1.165) is 12.8 Å². The molecule has 5 aromatic carbocycles. The number of fused-ring (bicyclic) bond motifs is 5. The lowest BCUT2D eigenvalue weighted by molar-refractivity contribution is 0.971. The van der Waals surface area contributed by atoms with Crippen LogP contribution in [0.5, 0.6) is 0 Å². The van der Waals surface area contributed by atoms with E-state index in [1.54, 1.807) is 0 Å². The van der Waals surface area contributed by atoms with Gasteiger partial charge in [-0.15, -0.1) is 0 Å². The number of hydrogen-bond acceptors (Lipinski definition) is 0. The number of para-hydroxylation sites is 1. The predicted octanol–water partition coefficient (Wildman–Crippen LogP) is 8.56. The Morgan fingerprint density at radius 1 is 0.545 bits per heavy atom. The molecule has 1 aliphatic carbocycles. The van der Waals surface area contributed by atoms with Gasteiger partial charge in [-0.05, 0) is 52.4 Å². The molecule has 1 aromatic heterocycles. The average Bonchev–Trinajstić information content (AvgIpc) is 3.22. The lowest BCUT2D eigenvalue weighted by Crippen LogP contribution is -2.03. The smallest absolute Gasteiger partial charge is 0.0619 e. The number of benzene rings is 5. The number of allylic oxidation sites excluding steroid dienone is 1. The second kappa shape index (κ2) is 7.21. The maximum Gasteiger partial charge on any atom is 0.0619 e. The summed E-state index contributed by atoms with van der Waals surface area (Å²) in [5.41, 5.74) is 7.93. The monoisotopic (exact) mass is 421 g/mol. The maximum atomic E-state index is 2.51. The van der Waals surface area contributed by atoms with Gasteiger partial charge in [-0.25, -0.2) is 0 Å². The van der Waals surface area contributed by atoms with Crippen LogP contribution in [0.4, 0.5) is 0 Å². The topological polar surface area (TPSA) is 4.93 Å². The van der Waals surface area contributed by atoms with E-state index < -0.39 is 0 Å². The Kier molecular flexibility index (Phi) is 4.04. The van der Waals surface area contributed by atoms with E-state index in [1.807, 2.05) is 0 Å². The number of aryl methyl sites for hydroxylation is 1. The Bertz CT molecular complexity index is 1640. The molecule has 0 unspecified atom stereocenters. The Morgan fingerprint density at radius 3 is 1.82 bits per heavy atom. The van der Waals surface area contributed by atoms with Crippen molar-refractivity contribution in [3.63, 3.8) is 0 Å². The molecule has 0 saturated carbocycles. The second-order valence-electron chi connectivity index (χ2n) is 8.84. The van der Waals surface area contributed by atoms with Gasteiger partial charge in [-0.1, -0.05) is 103 Å². The molecule has 0 aliphatic heterocycles. The molecule has 0 saturated heterocycles. The molecule has 6 aromatic rings. The van der Waals surface area contributed by atoms with Crippen molar-refractivity contribution in [2.45, 2.75) is 12.8 Å². The van der Waals surface area contributed by atoms with Crippen LogP contribution in [0.15, 0.2) is 109 Å². The average molecular weight is 422 g/mol. The lowest BCUT2D eigenvalue weighted by atomic mass is 9.90. The summed E-state index contributed by atoms with van der Waals surface area (Å²) in [5.74, 6) is 0. The van der Waals surface area contributed by atoms with Crippen molar-refractivity contribution in [3.8, 4) is 16.8 Å². The lowest BCUT2D eigenvalue weighted by Gasteiger charge is -2.20. The first kappa shape index (κ1) is 18.5. The highest BCUT2D eigenvalue weighted by molar-refractivity contribution is 6.19. The summed E-state index contributed by atoms with van der Waals surface area (Å²) in [6.45, 7) is 0. The number of nitrogens with zero attached hydrogens (tertiary/aromatic N) is 1. The molecule has 156 valence electrons. The third-order valence-corrected chi connectivity index (χ3v) is 7.05. The van der Waals surface area contributed by atoms with Gasteiger partial charge in [0, 0.05) is 21.9 Å². The highest BCUT2D eigenvalue weighted by atomic mass is 15.0. The Morgan fingerprint density at radius 2 is 1.12 bits per heavy atom. The van der Waals surface area contributed by atoms with Crippen LogP contribution in [0.1, 0.15) is 17.7 Å². The van der Waals surface area contributed by atoms with Gasteiger partial charge in [0.1, 0.15) is 0 Å². The first-order valence-electron chi connectivity index (χ1n) is 11.7. The fourth-order valence-electron chi connectivity index (χ4n) is 5.69. The van der Waals surface area contributed by atoms with E-state index in [2.05, 4.69) is 120 Å². The van der Waals surface area contributed by atoms with E-state index in [-0.39, 0.29) is 0 Å². The second-order valence-corrected chi connectivity index (χ2v) is 8.84. The highest BCUT2D eigenvalue weighted by Gasteiger charge is 2.22. The molecule has 0 amide bonds. The molecule has 0 N–H and O–H groups in total. The van der Waals surface area contributed by atoms with E-state index in [9.17, 15) is 0 Å². The van der Waals surface area contributed by atoms with Gasteiger partial charge in [-0.3, -0.25) is 0 Å². The molecular weight excluding hydrogens is 398 g/mol. The molecule has 1 heteroatoms. The first-order chi connectivity index (χ1) is 16.4. The fourth-order valence-corrected chi connectivity index (χ4v) is 5.69. The van der Waals surface area contributed by atoms with Gasteiger partial charge in [0.05, 0.1) is 11.2 Å². The van der Waals surface area contributed by atoms with Crippen LogP contribution in [-0.2, 0) is 6.42 Å². The molecule has 0 fully saturated rings. The van der Waals surface area contributed by atoms with Crippen molar-refractivity contribution in [2.24, 2.45) is 0 Å². The van der Waals surface area contributed by atoms with Crippen LogP contribution in [0.2, 0.25) is 0 Å². The molecule has 0 radical (unpaired) electrons. The first-order valence-corrected chi connectivity index (χ1v) is 11.7. The molecular formula is C32H23N. The molecule has 1 aliphatic rings. The van der Waals surface area contributed by atoms with Crippen LogP contribution in [0, 0.1) is 0 Å². The molecule has 0 spiro atoms. The summed E-state index contributed by atoms with van der Waals surface area (Å²) in [5, 5.41) is 6.54. The SMILES string of the molecule is C1=Cc2c(c3ccccc3n2-c2c3ccccc3c(-c3ccccc3)c3ccccc23)CC1. The third-order valence-electron chi connectivity index (χ3n) is 7.05. The minimum absolute atomic E-state index is 1.09. The van der Waals surface area contributed by atoms with Crippen molar-refractivity contribution in [2.75, 3.05) is 0 Å². The van der Waals surface area contributed by atoms with Gasteiger partial charge >= 0.3 is 0 Å². The van der Waals surface area contributed by atoms with Crippen LogP contribution in [-0.4, -0.2) is 4.57 Å². The minimum Gasteiger partial charge on any atom is -0.308 e. The van der Waals surface area contributed by atoms with E-state index in [0.29, 0.717) is 0 Å². The minimum atomic E-state index is 1.09. The zero-order valence-corrected chi connectivity index (χ0v) is 18.3. The standard InChI is InChI=1S/C32H23N/c1-2-12-22(13-3-1)31-25-16-4-6-18-27(25)32(28-19-7-5-17-26(28)31)33-29-20-10-8-14-23(29)24-15-9-11-21-30(24)33/h1-8,10-14,16-21H,9,15H2. The quantitative estimate of drug-likeness (QED) is 0.247. The van der Waals surface area contributed by atoms with Crippen molar-refractivity contribution in [1.82, 2.24) is 4.57 Å². The van der Waals surface area contributed by atoms with Gasteiger partial charge < -0.3 is 4.57 Å². The van der Waals surface area contributed by atoms with Crippen LogP contribution < -0.4 is 0 Å². The summed E-state index contributed by atoms with van der Waals surface area (Å²) >= 11 is 0. The number of aromatic nitrogens is 1. The van der Waals surface area contributed by atoms with Gasteiger partial charge in [0.25, 0.3) is 0 Å². The van der Waals surface area contributed by atoms with E-state index in [4.69, 9.17) is 0 Å². The fraction of sp³-hybridized carbons (Fsp3) is 0.0625. The summed E-state index contributed by atoms with van der Waals surface area (Å²) in [6, 6.07) is 37.5. The zero-order valence-electron chi connectivity index (χ0n) is 18.3. The van der Waals surface area contributed by atoms with Crippen LogP contribution in [0.25, 0.3) is 55.3 Å². The molecule has 7 rings (SSSR count). The van der Waals surface area contributed by atoms with Gasteiger partial charge in [-0.2, -0.15) is 0 Å². The molecule has 1 heterocycles. The molecule has 1 nitrogen and oxygen atoms in total. The largest absolute Gasteiger partial charge is 0.308 e. The summed E-state index contributed by atoms with van der Waals surface area (Å²) < 4.78 is 2.51. The number of hydrogen-bond donors (Lipinski definition) is 0. The van der Waals surface area contributed by atoms with Crippen molar-refractivity contribution >= 4 is 38.5 Å². The van der Waals surface area contributed by atoms with Crippen molar-refractivity contribution in [1.29, 1.82) is 0 Å². The van der Waals surface area contributed by atoms with Crippen LogP contribution in [0.3, 0.4) is 0 Å². The molecule has 0 bridgehead atoms. The Balaban J connectivity index is 1.72. The predicted molar refractivity (Wildman–Crippen MR) is 141 cm³/mol. The zero-order chi connectivity index (χ0) is 21.8. The van der Waals surface area contributed by atoms with Gasteiger partial charge in [0.2, 0.25) is 0 Å². The van der Waals surface area contributed by atoms with Crippen molar-refractivity contribution < 1.29 is 0 Å². The van der Waals surface area contributed by atoms with Gasteiger partial charge in [0.15, 0.2) is 0 Å². The molecule has 0 atom stereocenters. The highest BCUT2D eigenvalue weighted by Crippen LogP contribution is 2.44. The third kappa shape index (κ3) is 2.66. The summed E-state index contributed by atoms with van der Waals surface area (Å²) in [4.78, 5) is 0. The van der Waals surface area contributed by atoms with E-state index in [1.165, 1.54) is 60.5 Å².